The SMILES string of the molecule is O=C(Cl)[C@H]1[C@H](C(=O)Cl)CC=C2c3ccccc3CC[C@@H]21. The van der Waals surface area contributed by atoms with Gasteiger partial charge in [0.05, 0.1) is 5.92 Å². The van der Waals surface area contributed by atoms with Crippen molar-refractivity contribution < 1.29 is 9.59 Å². The lowest BCUT2D eigenvalue weighted by molar-refractivity contribution is -0.125. The van der Waals surface area contributed by atoms with Crippen molar-refractivity contribution in [3.8, 4) is 0 Å². The minimum Gasteiger partial charge on any atom is -0.281 e. The number of rotatable bonds is 2. The Morgan fingerprint density at radius 1 is 1.10 bits per heavy atom. The van der Waals surface area contributed by atoms with Gasteiger partial charge >= 0.3 is 0 Å². The Morgan fingerprint density at radius 3 is 2.55 bits per heavy atom. The van der Waals surface area contributed by atoms with E-state index in [0.717, 1.165) is 18.4 Å². The highest BCUT2D eigenvalue weighted by atomic mass is 35.5. The van der Waals surface area contributed by atoms with E-state index >= 15 is 0 Å². The first kappa shape index (κ1) is 13.8. The monoisotopic (exact) mass is 308 g/mol. The smallest absolute Gasteiger partial charge is 0.226 e. The molecule has 20 heavy (non-hydrogen) atoms. The van der Waals surface area contributed by atoms with Crippen molar-refractivity contribution in [2.45, 2.75) is 19.3 Å². The molecule has 0 heterocycles. The summed E-state index contributed by atoms with van der Waals surface area (Å²) in [5.74, 6) is -0.966. The molecule has 0 bridgehead atoms. The fraction of sp³-hybridized carbons (Fsp3) is 0.375. The summed E-state index contributed by atoms with van der Waals surface area (Å²) in [4.78, 5) is 23.4. The number of halogens is 2. The summed E-state index contributed by atoms with van der Waals surface area (Å²) < 4.78 is 0. The van der Waals surface area contributed by atoms with Gasteiger partial charge in [-0.1, -0.05) is 30.3 Å². The van der Waals surface area contributed by atoms with Crippen LogP contribution in [-0.4, -0.2) is 10.5 Å². The molecule has 0 saturated heterocycles. The lowest BCUT2D eigenvalue weighted by Gasteiger charge is -2.38. The summed E-state index contributed by atoms with van der Waals surface area (Å²) in [6.07, 6.45) is 4.30. The van der Waals surface area contributed by atoms with E-state index in [1.807, 2.05) is 12.1 Å². The molecule has 3 atom stereocenters. The van der Waals surface area contributed by atoms with Crippen molar-refractivity contribution >= 4 is 39.3 Å². The summed E-state index contributed by atoms with van der Waals surface area (Å²) in [5.41, 5.74) is 3.64. The first-order valence-electron chi connectivity index (χ1n) is 6.76. The largest absolute Gasteiger partial charge is 0.281 e. The van der Waals surface area contributed by atoms with Crippen LogP contribution in [0.3, 0.4) is 0 Å². The number of fused-ring (bicyclic) bond motifs is 3. The van der Waals surface area contributed by atoms with Crippen molar-refractivity contribution in [3.05, 3.63) is 41.5 Å². The molecule has 0 spiro atoms. The van der Waals surface area contributed by atoms with E-state index in [4.69, 9.17) is 23.2 Å². The first-order valence-corrected chi connectivity index (χ1v) is 7.52. The Kier molecular flexibility index (Phi) is 3.70. The maximum absolute atomic E-state index is 11.8. The van der Waals surface area contributed by atoms with Gasteiger partial charge in [-0.25, -0.2) is 0 Å². The molecule has 1 aromatic rings. The molecular weight excluding hydrogens is 295 g/mol. The summed E-state index contributed by atoms with van der Waals surface area (Å²) in [5, 5.41) is -0.905. The highest BCUT2D eigenvalue weighted by molar-refractivity contribution is 6.66. The maximum atomic E-state index is 11.8. The minimum atomic E-state index is -0.491. The maximum Gasteiger partial charge on any atom is 0.226 e. The van der Waals surface area contributed by atoms with Gasteiger partial charge in [-0.2, -0.15) is 0 Å². The van der Waals surface area contributed by atoms with Crippen molar-refractivity contribution in [3.63, 3.8) is 0 Å². The predicted octanol–water partition coefficient (Wildman–Crippen LogP) is 3.80. The second-order valence-electron chi connectivity index (χ2n) is 5.44. The van der Waals surface area contributed by atoms with Crippen LogP contribution in [-0.2, 0) is 16.0 Å². The van der Waals surface area contributed by atoms with E-state index in [2.05, 4.69) is 18.2 Å². The average molecular weight is 309 g/mol. The summed E-state index contributed by atoms with van der Waals surface area (Å²) in [6.45, 7) is 0. The standard InChI is InChI=1S/C16H14Cl2O2/c17-15(19)13-8-7-11-10-4-2-1-3-9(10)5-6-12(11)14(13)16(18)20/h1-4,7,12-14H,5-6,8H2/t12-,13+,14+/m0/s1. The van der Waals surface area contributed by atoms with Crippen LogP contribution in [0.1, 0.15) is 24.0 Å². The van der Waals surface area contributed by atoms with Crippen LogP contribution >= 0.6 is 23.2 Å². The average Bonchev–Trinajstić information content (AvgIpc) is 2.45. The number of allylic oxidation sites excluding steroid dienone is 2. The second kappa shape index (κ2) is 5.34. The van der Waals surface area contributed by atoms with Crippen LogP contribution < -0.4 is 0 Å². The molecule has 0 aliphatic heterocycles. The molecule has 2 nitrogen and oxygen atoms in total. The Morgan fingerprint density at radius 2 is 1.85 bits per heavy atom. The highest BCUT2D eigenvalue weighted by Gasteiger charge is 2.43. The first-order chi connectivity index (χ1) is 9.59. The normalized spacial score (nSPS) is 28.1. The minimum absolute atomic E-state index is 0.0105. The van der Waals surface area contributed by atoms with Gasteiger partial charge in [-0.3, -0.25) is 9.59 Å². The zero-order valence-corrected chi connectivity index (χ0v) is 12.3. The lowest BCUT2D eigenvalue weighted by Crippen LogP contribution is -2.37. The molecule has 0 aromatic heterocycles. The van der Waals surface area contributed by atoms with E-state index in [0.29, 0.717) is 6.42 Å². The van der Waals surface area contributed by atoms with Gasteiger partial charge in [0.15, 0.2) is 0 Å². The third-order valence-corrected chi connectivity index (χ3v) is 5.00. The van der Waals surface area contributed by atoms with Crippen molar-refractivity contribution in [2.75, 3.05) is 0 Å². The molecule has 0 fully saturated rings. The van der Waals surface area contributed by atoms with Crippen LogP contribution in [0.25, 0.3) is 5.57 Å². The third-order valence-electron chi connectivity index (χ3n) is 4.46. The van der Waals surface area contributed by atoms with Crippen molar-refractivity contribution in [2.24, 2.45) is 17.8 Å². The zero-order valence-electron chi connectivity index (χ0n) is 10.8. The summed E-state index contributed by atoms with van der Waals surface area (Å²) in [7, 11) is 0. The van der Waals surface area contributed by atoms with Gasteiger partial charge in [0, 0.05) is 5.92 Å². The van der Waals surface area contributed by atoms with E-state index < -0.39 is 22.3 Å². The molecule has 2 aliphatic carbocycles. The number of aryl methyl sites for hydroxylation is 1. The van der Waals surface area contributed by atoms with Crippen LogP contribution in [0.4, 0.5) is 0 Å². The number of hydrogen-bond acceptors (Lipinski definition) is 2. The van der Waals surface area contributed by atoms with Gasteiger partial charge in [0.25, 0.3) is 0 Å². The van der Waals surface area contributed by atoms with Crippen LogP contribution in [0.5, 0.6) is 0 Å². The Bertz CT molecular complexity index is 606. The molecule has 3 rings (SSSR count). The Balaban J connectivity index is 2.06. The van der Waals surface area contributed by atoms with E-state index in [9.17, 15) is 9.59 Å². The molecule has 0 saturated carbocycles. The predicted molar refractivity (Wildman–Crippen MR) is 79.5 cm³/mol. The molecule has 104 valence electrons. The topological polar surface area (TPSA) is 34.1 Å². The van der Waals surface area contributed by atoms with Crippen LogP contribution in [0, 0.1) is 17.8 Å². The molecule has 0 unspecified atom stereocenters. The number of hydrogen-bond donors (Lipinski definition) is 0. The Labute approximate surface area is 127 Å². The fourth-order valence-electron chi connectivity index (χ4n) is 3.55. The zero-order chi connectivity index (χ0) is 14.3. The molecule has 1 aromatic carbocycles. The number of carbonyl (C=O) groups excluding carboxylic acids is 2. The van der Waals surface area contributed by atoms with E-state index in [-0.39, 0.29) is 5.92 Å². The number of carbonyl (C=O) groups is 2. The Hall–Kier alpha value is -1.12. The molecule has 4 heteroatoms. The molecule has 0 N–H and O–H groups in total. The third kappa shape index (κ3) is 2.21. The summed E-state index contributed by atoms with van der Waals surface area (Å²) in [6, 6.07) is 8.21. The quantitative estimate of drug-likeness (QED) is 0.779. The molecule has 2 aliphatic rings. The molecule has 0 radical (unpaired) electrons. The lowest BCUT2D eigenvalue weighted by atomic mass is 9.66. The van der Waals surface area contributed by atoms with Crippen molar-refractivity contribution in [1.82, 2.24) is 0 Å². The summed E-state index contributed by atoms with van der Waals surface area (Å²) >= 11 is 11.4. The van der Waals surface area contributed by atoms with Gasteiger partial charge in [-0.15, -0.1) is 0 Å². The second-order valence-corrected chi connectivity index (χ2v) is 6.18. The van der Waals surface area contributed by atoms with Gasteiger partial charge < -0.3 is 0 Å². The molecular formula is C16H14Cl2O2. The van der Waals surface area contributed by atoms with Crippen LogP contribution in [0.15, 0.2) is 30.3 Å². The van der Waals surface area contributed by atoms with Crippen molar-refractivity contribution in [1.29, 1.82) is 0 Å². The van der Waals surface area contributed by atoms with Gasteiger partial charge in [-0.05, 0) is 65.1 Å². The fourth-order valence-corrected chi connectivity index (χ4v) is 4.08. The molecule has 0 amide bonds. The van der Waals surface area contributed by atoms with Gasteiger partial charge in [0.1, 0.15) is 0 Å². The highest BCUT2D eigenvalue weighted by Crippen LogP contribution is 2.47. The van der Waals surface area contributed by atoms with Crippen LogP contribution in [0.2, 0.25) is 0 Å². The number of benzene rings is 1. The van der Waals surface area contributed by atoms with E-state index in [1.54, 1.807) is 0 Å². The van der Waals surface area contributed by atoms with E-state index in [1.165, 1.54) is 11.1 Å². The van der Waals surface area contributed by atoms with Gasteiger partial charge in [0.2, 0.25) is 10.5 Å².